The van der Waals surface area contributed by atoms with Crippen molar-refractivity contribution in [1.82, 2.24) is 20.4 Å². The largest absolute Gasteiger partial charge is 0.354 e. The highest BCUT2D eigenvalue weighted by atomic mass is 32.2. The van der Waals surface area contributed by atoms with Gasteiger partial charge in [-0.25, -0.2) is 0 Å². The van der Waals surface area contributed by atoms with Crippen molar-refractivity contribution < 1.29 is 18.9 Å². The monoisotopic (exact) mass is 448 g/mol. The van der Waals surface area contributed by atoms with Crippen LogP contribution < -0.4 is 5.32 Å². The van der Waals surface area contributed by atoms with Crippen molar-refractivity contribution >= 4 is 34.9 Å². The highest BCUT2D eigenvalue weighted by Crippen LogP contribution is 2.31. The summed E-state index contributed by atoms with van der Waals surface area (Å²) in [7, 11) is 0. The van der Waals surface area contributed by atoms with Gasteiger partial charge in [0, 0.05) is 31.5 Å². The smallest absolute Gasteiger partial charge is 0.293 e. The number of thioether (sulfide) groups is 1. The van der Waals surface area contributed by atoms with E-state index >= 15 is 0 Å². The number of nitrogens with one attached hydrogen (secondary N) is 1. The van der Waals surface area contributed by atoms with E-state index in [2.05, 4.69) is 15.5 Å². The van der Waals surface area contributed by atoms with Crippen LogP contribution in [-0.4, -0.2) is 45.2 Å². The fourth-order valence-corrected chi connectivity index (χ4v) is 3.94. The highest BCUT2D eigenvalue weighted by molar-refractivity contribution is 8.18. The minimum absolute atomic E-state index is 0.112. The summed E-state index contributed by atoms with van der Waals surface area (Å²) in [6.07, 6.45) is 2.15. The molecule has 0 spiro atoms. The Balaban J connectivity index is 1.23. The molecule has 4 rings (SSSR count). The minimum Gasteiger partial charge on any atom is -0.354 e. The summed E-state index contributed by atoms with van der Waals surface area (Å²) in [6.45, 7) is 0.288. The lowest BCUT2D eigenvalue weighted by Crippen LogP contribution is -2.37. The highest BCUT2D eigenvalue weighted by Gasteiger charge is 2.34. The van der Waals surface area contributed by atoms with Gasteiger partial charge in [-0.1, -0.05) is 65.8 Å². The molecule has 0 atom stereocenters. The molecule has 0 aliphatic carbocycles. The predicted octanol–water partition coefficient (Wildman–Crippen LogP) is 3.52. The molecular formula is C23H20N4O4S. The number of amides is 3. The van der Waals surface area contributed by atoms with Crippen LogP contribution in [0.15, 0.2) is 70.1 Å². The van der Waals surface area contributed by atoms with E-state index in [1.165, 1.54) is 0 Å². The van der Waals surface area contributed by atoms with E-state index in [1.54, 1.807) is 6.08 Å². The van der Waals surface area contributed by atoms with E-state index in [9.17, 15) is 14.4 Å². The third kappa shape index (κ3) is 5.30. The number of hydrogen-bond donors (Lipinski definition) is 1. The SMILES string of the molecule is O=C(CCc1nc(-c2ccccc2)no1)NCCN1C(=O)S/C(=C\c2ccccc2)C1=O. The fourth-order valence-electron chi connectivity index (χ4n) is 3.07. The van der Waals surface area contributed by atoms with Crippen LogP contribution in [0.1, 0.15) is 17.9 Å². The summed E-state index contributed by atoms with van der Waals surface area (Å²) in [5.74, 6) is 0.272. The Morgan fingerprint density at radius 3 is 2.53 bits per heavy atom. The van der Waals surface area contributed by atoms with Gasteiger partial charge in [-0.3, -0.25) is 19.3 Å². The molecule has 8 nitrogen and oxygen atoms in total. The first kappa shape index (κ1) is 21.5. The Labute approximate surface area is 188 Å². The van der Waals surface area contributed by atoms with Crippen molar-refractivity contribution in [2.75, 3.05) is 13.1 Å². The first-order valence-electron chi connectivity index (χ1n) is 10.1. The van der Waals surface area contributed by atoms with Gasteiger partial charge in [0.2, 0.25) is 17.6 Å². The standard InChI is InChI=1S/C23H20N4O4S/c28-19(11-12-20-25-21(26-31-20)17-9-5-2-6-10-17)24-13-14-27-22(29)18(32-23(27)30)15-16-7-3-1-4-8-16/h1-10,15H,11-14H2,(H,24,28)/b18-15-. The molecule has 1 aromatic heterocycles. The van der Waals surface area contributed by atoms with Crippen LogP contribution in [0.4, 0.5) is 4.79 Å². The summed E-state index contributed by atoms with van der Waals surface area (Å²) in [4.78, 5) is 42.6. The quantitative estimate of drug-likeness (QED) is 0.526. The lowest BCUT2D eigenvalue weighted by atomic mass is 10.2. The Bertz CT molecular complexity index is 1150. The fraction of sp³-hybridized carbons (Fsp3) is 0.174. The minimum atomic E-state index is -0.350. The van der Waals surface area contributed by atoms with Gasteiger partial charge in [0.1, 0.15) is 0 Å². The summed E-state index contributed by atoms with van der Waals surface area (Å²) in [5, 5.41) is 6.30. The zero-order valence-corrected chi connectivity index (χ0v) is 17.9. The number of nitrogens with zero attached hydrogens (tertiary/aromatic N) is 3. The number of carbonyl (C=O) groups is 3. The maximum absolute atomic E-state index is 12.5. The zero-order chi connectivity index (χ0) is 22.3. The van der Waals surface area contributed by atoms with E-state index in [-0.39, 0.29) is 36.6 Å². The van der Waals surface area contributed by atoms with E-state index in [1.807, 2.05) is 60.7 Å². The molecule has 0 saturated carbocycles. The molecule has 2 heterocycles. The Hall–Kier alpha value is -3.72. The number of rotatable bonds is 8. The Morgan fingerprint density at radius 2 is 1.78 bits per heavy atom. The molecule has 3 aromatic rings. The zero-order valence-electron chi connectivity index (χ0n) is 17.1. The summed E-state index contributed by atoms with van der Waals surface area (Å²) in [5.41, 5.74) is 1.69. The van der Waals surface area contributed by atoms with Crippen LogP contribution in [-0.2, 0) is 16.0 Å². The molecule has 1 saturated heterocycles. The van der Waals surface area contributed by atoms with Crippen LogP contribution in [0.3, 0.4) is 0 Å². The van der Waals surface area contributed by atoms with Gasteiger partial charge >= 0.3 is 0 Å². The number of benzene rings is 2. The van der Waals surface area contributed by atoms with Gasteiger partial charge in [0.25, 0.3) is 11.1 Å². The van der Waals surface area contributed by atoms with Gasteiger partial charge in [-0.05, 0) is 23.4 Å². The summed E-state index contributed by atoms with van der Waals surface area (Å²) >= 11 is 0.902. The van der Waals surface area contributed by atoms with Gasteiger partial charge in [-0.2, -0.15) is 4.98 Å². The lowest BCUT2D eigenvalue weighted by molar-refractivity contribution is -0.124. The molecular weight excluding hydrogens is 428 g/mol. The first-order valence-corrected chi connectivity index (χ1v) is 10.9. The predicted molar refractivity (Wildman–Crippen MR) is 120 cm³/mol. The summed E-state index contributed by atoms with van der Waals surface area (Å²) in [6, 6.07) is 18.7. The number of aryl methyl sites for hydroxylation is 1. The van der Waals surface area contributed by atoms with Crippen molar-refractivity contribution in [3.63, 3.8) is 0 Å². The topological polar surface area (TPSA) is 105 Å². The van der Waals surface area contributed by atoms with Crippen LogP contribution in [0, 0.1) is 0 Å². The van der Waals surface area contributed by atoms with Crippen molar-refractivity contribution in [3.8, 4) is 11.4 Å². The van der Waals surface area contributed by atoms with Crippen LogP contribution >= 0.6 is 11.8 Å². The second kappa shape index (κ2) is 10.1. The molecule has 0 radical (unpaired) electrons. The van der Waals surface area contributed by atoms with Crippen LogP contribution in [0.2, 0.25) is 0 Å². The van der Waals surface area contributed by atoms with Gasteiger partial charge in [-0.15, -0.1) is 0 Å². The molecule has 9 heteroatoms. The molecule has 2 aromatic carbocycles. The molecule has 1 N–H and O–H groups in total. The third-order valence-electron chi connectivity index (χ3n) is 4.69. The van der Waals surface area contributed by atoms with Crippen molar-refractivity contribution in [3.05, 3.63) is 77.0 Å². The molecule has 162 valence electrons. The number of hydrogen-bond acceptors (Lipinski definition) is 7. The van der Waals surface area contributed by atoms with E-state index in [4.69, 9.17) is 4.52 Å². The molecule has 1 aliphatic heterocycles. The van der Waals surface area contributed by atoms with E-state index in [0.29, 0.717) is 23.0 Å². The maximum Gasteiger partial charge on any atom is 0.293 e. The molecule has 3 amide bonds. The molecule has 0 unspecified atom stereocenters. The van der Waals surface area contributed by atoms with E-state index < -0.39 is 0 Å². The Morgan fingerprint density at radius 1 is 1.06 bits per heavy atom. The maximum atomic E-state index is 12.5. The van der Waals surface area contributed by atoms with E-state index in [0.717, 1.165) is 27.8 Å². The normalized spacial score (nSPS) is 14.9. The first-order chi connectivity index (χ1) is 15.6. The molecule has 1 fully saturated rings. The van der Waals surface area contributed by atoms with Crippen LogP contribution in [0.25, 0.3) is 17.5 Å². The number of aromatic nitrogens is 2. The molecule has 32 heavy (non-hydrogen) atoms. The number of imide groups is 1. The van der Waals surface area contributed by atoms with Gasteiger partial charge in [0.05, 0.1) is 4.91 Å². The average molecular weight is 449 g/mol. The van der Waals surface area contributed by atoms with Crippen molar-refractivity contribution in [2.45, 2.75) is 12.8 Å². The lowest BCUT2D eigenvalue weighted by Gasteiger charge is -2.12. The van der Waals surface area contributed by atoms with Crippen molar-refractivity contribution in [1.29, 1.82) is 0 Å². The molecule has 0 bridgehead atoms. The van der Waals surface area contributed by atoms with Crippen molar-refractivity contribution in [2.24, 2.45) is 0 Å². The Kier molecular flexibility index (Phi) is 6.76. The summed E-state index contributed by atoms with van der Waals surface area (Å²) < 4.78 is 5.20. The third-order valence-corrected chi connectivity index (χ3v) is 5.60. The molecule has 1 aliphatic rings. The second-order valence-electron chi connectivity index (χ2n) is 6.97. The number of carbonyl (C=O) groups excluding carboxylic acids is 3. The second-order valence-corrected chi connectivity index (χ2v) is 7.96. The van der Waals surface area contributed by atoms with Crippen LogP contribution in [0.5, 0.6) is 0 Å². The average Bonchev–Trinajstić information content (AvgIpc) is 3.39. The van der Waals surface area contributed by atoms with Gasteiger partial charge < -0.3 is 9.84 Å². The van der Waals surface area contributed by atoms with Gasteiger partial charge in [0.15, 0.2) is 0 Å².